The Labute approximate surface area is 105 Å². The number of benzene rings is 1. The Morgan fingerprint density at radius 3 is 2.89 bits per heavy atom. The summed E-state index contributed by atoms with van der Waals surface area (Å²) in [5, 5.41) is 4.62. The molecule has 94 valence electrons. The molecule has 2 rings (SSSR count). The van der Waals surface area contributed by atoms with Gasteiger partial charge in [-0.1, -0.05) is 31.2 Å². The van der Waals surface area contributed by atoms with Crippen LogP contribution in [-0.4, -0.2) is 17.4 Å². The van der Waals surface area contributed by atoms with Crippen molar-refractivity contribution in [1.82, 2.24) is 10.3 Å². The van der Waals surface area contributed by atoms with Crippen LogP contribution in [0.4, 0.5) is 5.82 Å². The summed E-state index contributed by atoms with van der Waals surface area (Å²) in [4.78, 5) is 16.1. The number of amides is 1. The lowest BCUT2D eigenvalue weighted by molar-refractivity contribution is 0.0949. The van der Waals surface area contributed by atoms with Gasteiger partial charge >= 0.3 is 0 Å². The average molecular weight is 244 g/mol. The number of nitrogens with one attached hydrogen (secondary N) is 2. The van der Waals surface area contributed by atoms with E-state index in [2.05, 4.69) is 15.7 Å². The predicted molar refractivity (Wildman–Crippen MR) is 72.2 cm³/mol. The third kappa shape index (κ3) is 2.41. The molecule has 0 atom stereocenters. The molecule has 4 N–H and O–H groups in total. The van der Waals surface area contributed by atoms with Gasteiger partial charge in [0.1, 0.15) is 11.5 Å². The molecular weight excluding hydrogens is 228 g/mol. The Bertz CT molecular complexity index is 568. The maximum Gasteiger partial charge on any atom is 0.269 e. The summed E-state index contributed by atoms with van der Waals surface area (Å²) < 4.78 is 0. The molecule has 5 heteroatoms. The molecule has 2 aromatic rings. The molecule has 1 amide bonds. The minimum Gasteiger partial charge on any atom is -0.351 e. The number of carbonyl (C=O) groups is 1. The Morgan fingerprint density at radius 1 is 1.39 bits per heavy atom. The van der Waals surface area contributed by atoms with E-state index in [9.17, 15) is 4.79 Å². The highest BCUT2D eigenvalue weighted by molar-refractivity contribution is 6.00. The van der Waals surface area contributed by atoms with Gasteiger partial charge in [-0.25, -0.2) is 10.8 Å². The van der Waals surface area contributed by atoms with Gasteiger partial charge in [0.05, 0.1) is 0 Å². The summed E-state index contributed by atoms with van der Waals surface area (Å²) in [7, 11) is 0. The second-order valence-corrected chi connectivity index (χ2v) is 3.98. The SMILES string of the molecule is CCCNC(=O)c1cc2ccccc2c(NN)n1. The highest BCUT2D eigenvalue weighted by atomic mass is 16.1. The molecule has 0 fully saturated rings. The number of anilines is 1. The van der Waals surface area contributed by atoms with Gasteiger partial charge in [-0.2, -0.15) is 0 Å². The van der Waals surface area contributed by atoms with Gasteiger partial charge in [-0.3, -0.25) is 4.79 Å². The van der Waals surface area contributed by atoms with Crippen molar-refractivity contribution in [2.45, 2.75) is 13.3 Å². The third-order valence-corrected chi connectivity index (χ3v) is 2.65. The first-order chi connectivity index (χ1) is 8.76. The van der Waals surface area contributed by atoms with E-state index in [1.807, 2.05) is 31.2 Å². The molecule has 0 spiro atoms. The van der Waals surface area contributed by atoms with E-state index in [4.69, 9.17) is 5.84 Å². The van der Waals surface area contributed by atoms with Gasteiger partial charge in [0.25, 0.3) is 5.91 Å². The summed E-state index contributed by atoms with van der Waals surface area (Å²) in [6.07, 6.45) is 0.890. The molecule has 0 aliphatic carbocycles. The van der Waals surface area contributed by atoms with Crippen LogP contribution < -0.4 is 16.6 Å². The summed E-state index contributed by atoms with van der Waals surface area (Å²) in [5.41, 5.74) is 2.90. The van der Waals surface area contributed by atoms with Gasteiger partial charge < -0.3 is 10.7 Å². The van der Waals surface area contributed by atoms with E-state index in [1.165, 1.54) is 0 Å². The molecule has 0 saturated carbocycles. The highest BCUT2D eigenvalue weighted by Gasteiger charge is 2.10. The molecule has 0 unspecified atom stereocenters. The molecule has 0 aliphatic heterocycles. The number of hydrogen-bond donors (Lipinski definition) is 3. The number of nitrogens with two attached hydrogens (primary N) is 1. The quantitative estimate of drug-likeness (QED) is 0.564. The monoisotopic (exact) mass is 244 g/mol. The summed E-state index contributed by atoms with van der Waals surface area (Å²) in [5.74, 6) is 5.77. The number of pyridine rings is 1. The minimum atomic E-state index is -0.181. The fourth-order valence-corrected chi connectivity index (χ4v) is 1.75. The Balaban J connectivity index is 2.43. The van der Waals surface area contributed by atoms with Crippen LogP contribution in [0.3, 0.4) is 0 Å². The van der Waals surface area contributed by atoms with Crippen LogP contribution in [-0.2, 0) is 0 Å². The van der Waals surface area contributed by atoms with Crippen LogP contribution in [0.25, 0.3) is 10.8 Å². The average Bonchev–Trinajstić information content (AvgIpc) is 2.43. The second kappa shape index (κ2) is 5.46. The normalized spacial score (nSPS) is 10.3. The van der Waals surface area contributed by atoms with E-state index in [1.54, 1.807) is 6.07 Å². The smallest absolute Gasteiger partial charge is 0.269 e. The molecule has 0 aliphatic rings. The Kier molecular flexibility index (Phi) is 3.74. The van der Waals surface area contributed by atoms with E-state index in [-0.39, 0.29) is 5.91 Å². The Morgan fingerprint density at radius 2 is 2.17 bits per heavy atom. The van der Waals surface area contributed by atoms with Gasteiger partial charge in [0.2, 0.25) is 0 Å². The molecule has 0 radical (unpaired) electrons. The maximum absolute atomic E-state index is 11.9. The van der Waals surface area contributed by atoms with E-state index in [0.29, 0.717) is 18.1 Å². The molecule has 5 nitrogen and oxygen atoms in total. The van der Waals surface area contributed by atoms with Crippen molar-refractivity contribution in [2.75, 3.05) is 12.0 Å². The molecule has 0 bridgehead atoms. The fraction of sp³-hybridized carbons (Fsp3) is 0.231. The number of aromatic nitrogens is 1. The lowest BCUT2D eigenvalue weighted by Crippen LogP contribution is -2.25. The van der Waals surface area contributed by atoms with Crippen molar-refractivity contribution in [2.24, 2.45) is 5.84 Å². The van der Waals surface area contributed by atoms with E-state index in [0.717, 1.165) is 17.2 Å². The van der Waals surface area contributed by atoms with Crippen LogP contribution in [0.5, 0.6) is 0 Å². The van der Waals surface area contributed by atoms with Gasteiger partial charge in [0, 0.05) is 11.9 Å². The van der Waals surface area contributed by atoms with Crippen molar-refractivity contribution in [3.63, 3.8) is 0 Å². The first-order valence-electron chi connectivity index (χ1n) is 5.91. The first kappa shape index (κ1) is 12.3. The number of fused-ring (bicyclic) bond motifs is 1. The zero-order chi connectivity index (χ0) is 13.0. The zero-order valence-electron chi connectivity index (χ0n) is 10.2. The number of hydrogen-bond acceptors (Lipinski definition) is 4. The number of nitrogen functional groups attached to an aromatic ring is 1. The zero-order valence-corrected chi connectivity index (χ0v) is 10.2. The summed E-state index contributed by atoms with van der Waals surface area (Å²) in [6.45, 7) is 2.64. The largest absolute Gasteiger partial charge is 0.351 e. The maximum atomic E-state index is 11.9. The first-order valence-corrected chi connectivity index (χ1v) is 5.91. The highest BCUT2D eigenvalue weighted by Crippen LogP contribution is 2.21. The fourth-order valence-electron chi connectivity index (χ4n) is 1.75. The molecule has 18 heavy (non-hydrogen) atoms. The lowest BCUT2D eigenvalue weighted by atomic mass is 10.1. The summed E-state index contributed by atoms with van der Waals surface area (Å²) >= 11 is 0. The number of rotatable bonds is 4. The van der Waals surface area contributed by atoms with Crippen molar-refractivity contribution in [3.05, 3.63) is 36.0 Å². The van der Waals surface area contributed by atoms with Crippen molar-refractivity contribution in [3.8, 4) is 0 Å². The van der Waals surface area contributed by atoms with Crippen LogP contribution >= 0.6 is 0 Å². The van der Waals surface area contributed by atoms with Crippen LogP contribution in [0.1, 0.15) is 23.8 Å². The third-order valence-electron chi connectivity index (χ3n) is 2.65. The second-order valence-electron chi connectivity index (χ2n) is 3.98. The summed E-state index contributed by atoms with van der Waals surface area (Å²) in [6, 6.07) is 9.42. The molecular formula is C13H16N4O. The Hall–Kier alpha value is -2.14. The lowest BCUT2D eigenvalue weighted by Gasteiger charge is -2.08. The van der Waals surface area contributed by atoms with Gasteiger partial charge in [-0.05, 0) is 17.9 Å². The van der Waals surface area contributed by atoms with Gasteiger partial charge in [0.15, 0.2) is 0 Å². The number of hydrazine groups is 1. The molecule has 1 aromatic heterocycles. The molecule has 0 saturated heterocycles. The van der Waals surface area contributed by atoms with Gasteiger partial charge in [-0.15, -0.1) is 0 Å². The molecule has 1 aromatic carbocycles. The van der Waals surface area contributed by atoms with E-state index >= 15 is 0 Å². The van der Waals surface area contributed by atoms with Crippen LogP contribution in [0.2, 0.25) is 0 Å². The minimum absolute atomic E-state index is 0.181. The van der Waals surface area contributed by atoms with Crippen LogP contribution in [0, 0.1) is 0 Å². The number of carbonyl (C=O) groups excluding carboxylic acids is 1. The predicted octanol–water partition coefficient (Wildman–Crippen LogP) is 1.66. The van der Waals surface area contributed by atoms with Crippen molar-refractivity contribution < 1.29 is 4.79 Å². The molecule has 1 heterocycles. The van der Waals surface area contributed by atoms with Crippen molar-refractivity contribution >= 4 is 22.5 Å². The van der Waals surface area contributed by atoms with Crippen molar-refractivity contribution in [1.29, 1.82) is 0 Å². The number of nitrogens with zero attached hydrogens (tertiary/aromatic N) is 1. The topological polar surface area (TPSA) is 80.0 Å². The van der Waals surface area contributed by atoms with E-state index < -0.39 is 0 Å². The standard InChI is InChI=1S/C13H16N4O/c1-2-7-15-13(18)11-8-9-5-3-4-6-10(9)12(16-11)17-14/h3-6,8H,2,7,14H2,1H3,(H,15,18)(H,16,17). The van der Waals surface area contributed by atoms with Crippen LogP contribution in [0.15, 0.2) is 30.3 Å².